The van der Waals surface area contributed by atoms with Crippen LogP contribution in [0.4, 0.5) is 5.69 Å². The van der Waals surface area contributed by atoms with Crippen LogP contribution < -0.4 is 4.90 Å². The summed E-state index contributed by atoms with van der Waals surface area (Å²) in [7, 11) is 2.88. The van der Waals surface area contributed by atoms with Crippen molar-refractivity contribution >= 4 is 45.5 Å². The molecule has 1 aliphatic rings. The summed E-state index contributed by atoms with van der Waals surface area (Å²) < 4.78 is 5.45. The summed E-state index contributed by atoms with van der Waals surface area (Å²) in [5, 5.41) is 0. The lowest BCUT2D eigenvalue weighted by Crippen LogP contribution is -2.50. The molecule has 0 spiro atoms. The zero-order chi connectivity index (χ0) is 21.2. The van der Waals surface area contributed by atoms with Gasteiger partial charge in [0.15, 0.2) is 11.8 Å². The zero-order valence-corrected chi connectivity index (χ0v) is 17.9. The molecule has 0 aromatic heterocycles. The highest BCUT2D eigenvalue weighted by Crippen LogP contribution is 2.41. The number of ether oxygens (including phenoxy) is 1. The lowest BCUT2D eigenvalue weighted by Gasteiger charge is -2.33. The fourth-order valence-corrected chi connectivity index (χ4v) is 4.09. The van der Waals surface area contributed by atoms with E-state index in [2.05, 4.69) is 20.9 Å². The van der Waals surface area contributed by atoms with Gasteiger partial charge in [0.05, 0.1) is 18.4 Å². The van der Waals surface area contributed by atoms with E-state index in [1.54, 1.807) is 50.4 Å². The van der Waals surface area contributed by atoms with Crippen molar-refractivity contribution in [1.82, 2.24) is 0 Å². The van der Waals surface area contributed by atoms with Crippen LogP contribution >= 0.6 is 15.9 Å². The molecule has 29 heavy (non-hydrogen) atoms. The van der Waals surface area contributed by atoms with E-state index in [0.29, 0.717) is 15.7 Å². The average Bonchev–Trinajstić information content (AvgIpc) is 3.11. The van der Waals surface area contributed by atoms with Gasteiger partial charge in [0.2, 0.25) is 5.91 Å². The van der Waals surface area contributed by atoms with Crippen molar-refractivity contribution in [3.63, 3.8) is 0 Å². The highest BCUT2D eigenvalue weighted by Gasteiger charge is 2.55. The van der Waals surface area contributed by atoms with Crippen molar-refractivity contribution in [3.05, 3.63) is 64.6 Å². The molecule has 1 amide bonds. The molecule has 7 heteroatoms. The molecule has 150 valence electrons. The second kappa shape index (κ2) is 8.29. The third kappa shape index (κ3) is 3.74. The van der Waals surface area contributed by atoms with Gasteiger partial charge in [-0.1, -0.05) is 52.3 Å². The summed E-state index contributed by atoms with van der Waals surface area (Å²) >= 11 is 3.39. The fourth-order valence-electron chi connectivity index (χ4n) is 3.61. The number of anilines is 1. The second-order valence-electron chi connectivity index (χ2n) is 7.05. The van der Waals surface area contributed by atoms with E-state index in [1.807, 2.05) is 18.2 Å². The number of nitrogens with zero attached hydrogens (tertiary/aromatic N) is 2. The molecule has 2 aromatic rings. The maximum absolute atomic E-state index is 13.5. The number of ketones is 1. The first-order valence-corrected chi connectivity index (χ1v) is 9.84. The Hall–Kier alpha value is -2.80. The Morgan fingerprint density at radius 1 is 1.07 bits per heavy atom. The summed E-state index contributed by atoms with van der Waals surface area (Å²) in [5.41, 5.74) is -0.241. The standard InChI is InChI=1S/C22H21BrN2O4/c1-22(21(28)25(2)14-9-5-4-6-10-14)13-24-18(20(27)29-3)17(22)19(26)15-11-7-8-12-16(15)23/h4-13,17-18H,1-3H3/t17-,18-,22+/m0/s1. The Labute approximate surface area is 177 Å². The molecule has 3 rings (SSSR count). The molecule has 1 heterocycles. The van der Waals surface area contributed by atoms with E-state index in [1.165, 1.54) is 18.2 Å². The van der Waals surface area contributed by atoms with Crippen LogP contribution in [0.1, 0.15) is 17.3 Å². The first-order valence-electron chi connectivity index (χ1n) is 9.05. The summed E-state index contributed by atoms with van der Waals surface area (Å²) in [5.74, 6) is -2.34. The Morgan fingerprint density at radius 2 is 1.69 bits per heavy atom. The summed E-state index contributed by atoms with van der Waals surface area (Å²) in [4.78, 5) is 45.0. The van der Waals surface area contributed by atoms with Gasteiger partial charge in [0.1, 0.15) is 0 Å². The van der Waals surface area contributed by atoms with Crippen LogP contribution in [0.5, 0.6) is 0 Å². The number of Topliss-reactive ketones (excluding diaryl/α,β-unsaturated/α-hetero) is 1. The molecule has 0 aliphatic carbocycles. The van der Waals surface area contributed by atoms with E-state index < -0.39 is 23.3 Å². The normalized spacial score (nSPS) is 22.9. The zero-order valence-electron chi connectivity index (χ0n) is 16.3. The number of para-hydroxylation sites is 1. The number of methoxy groups -OCH3 is 1. The van der Waals surface area contributed by atoms with Crippen molar-refractivity contribution in [2.45, 2.75) is 13.0 Å². The van der Waals surface area contributed by atoms with Gasteiger partial charge in [-0.05, 0) is 25.1 Å². The van der Waals surface area contributed by atoms with Gasteiger partial charge >= 0.3 is 5.97 Å². The minimum atomic E-state index is -1.31. The summed E-state index contributed by atoms with van der Waals surface area (Å²) in [6, 6.07) is 14.9. The highest BCUT2D eigenvalue weighted by atomic mass is 79.9. The van der Waals surface area contributed by atoms with Gasteiger partial charge in [-0.2, -0.15) is 0 Å². The molecule has 6 nitrogen and oxygen atoms in total. The van der Waals surface area contributed by atoms with Crippen LogP contribution in [-0.2, 0) is 14.3 Å². The van der Waals surface area contributed by atoms with Crippen LogP contribution in [0.15, 0.2) is 64.1 Å². The number of benzene rings is 2. The highest BCUT2D eigenvalue weighted by molar-refractivity contribution is 9.10. The number of aliphatic imine (C=N–C) groups is 1. The monoisotopic (exact) mass is 456 g/mol. The molecular weight excluding hydrogens is 436 g/mol. The molecule has 3 atom stereocenters. The van der Waals surface area contributed by atoms with Crippen molar-refractivity contribution < 1.29 is 19.1 Å². The number of amides is 1. The topological polar surface area (TPSA) is 76.0 Å². The molecule has 0 N–H and O–H groups in total. The Morgan fingerprint density at radius 3 is 2.31 bits per heavy atom. The van der Waals surface area contributed by atoms with Gasteiger partial charge in [-0.25, -0.2) is 4.79 Å². The molecule has 0 saturated carbocycles. The molecule has 0 saturated heterocycles. The first kappa shape index (κ1) is 20.9. The summed E-state index contributed by atoms with van der Waals surface area (Å²) in [6.07, 6.45) is 1.41. The number of halogens is 1. The van der Waals surface area contributed by atoms with Gasteiger partial charge < -0.3 is 9.64 Å². The molecule has 0 unspecified atom stereocenters. The third-order valence-corrected chi connectivity index (χ3v) is 5.93. The lowest BCUT2D eigenvalue weighted by atomic mass is 9.71. The number of esters is 1. The number of hydrogen-bond acceptors (Lipinski definition) is 5. The number of rotatable bonds is 5. The maximum Gasteiger partial charge on any atom is 0.331 e. The first-order chi connectivity index (χ1) is 13.8. The smallest absolute Gasteiger partial charge is 0.331 e. The van der Waals surface area contributed by atoms with Crippen molar-refractivity contribution in [1.29, 1.82) is 0 Å². The van der Waals surface area contributed by atoms with E-state index in [0.717, 1.165) is 0 Å². The number of hydrogen-bond donors (Lipinski definition) is 0. The SMILES string of the molecule is COC(=O)[C@H]1N=C[C@@](C)(C(=O)N(C)c2ccccc2)[C@@H]1C(=O)c1ccccc1Br. The Kier molecular flexibility index (Phi) is 5.98. The van der Waals surface area contributed by atoms with Gasteiger partial charge in [0, 0.05) is 29.0 Å². The second-order valence-corrected chi connectivity index (χ2v) is 7.90. The quantitative estimate of drug-likeness (QED) is 0.509. The van der Waals surface area contributed by atoms with Crippen LogP contribution in [0.2, 0.25) is 0 Å². The maximum atomic E-state index is 13.5. The van der Waals surface area contributed by atoms with Crippen LogP contribution in [-0.4, -0.2) is 44.1 Å². The van der Waals surface area contributed by atoms with Gasteiger partial charge in [-0.3, -0.25) is 14.6 Å². The minimum Gasteiger partial charge on any atom is -0.467 e. The van der Waals surface area contributed by atoms with E-state index >= 15 is 0 Å². The molecule has 0 radical (unpaired) electrons. The lowest BCUT2D eigenvalue weighted by molar-refractivity contribution is -0.143. The predicted molar refractivity (Wildman–Crippen MR) is 114 cm³/mol. The molecule has 1 aliphatic heterocycles. The largest absolute Gasteiger partial charge is 0.467 e. The Balaban J connectivity index is 2.04. The molecular formula is C22H21BrN2O4. The van der Waals surface area contributed by atoms with Gasteiger partial charge in [0.25, 0.3) is 0 Å². The Bertz CT molecular complexity index is 976. The van der Waals surface area contributed by atoms with Crippen molar-refractivity contribution in [3.8, 4) is 0 Å². The van der Waals surface area contributed by atoms with Crippen molar-refractivity contribution in [2.75, 3.05) is 19.1 Å². The molecule has 2 aromatic carbocycles. The van der Waals surface area contributed by atoms with Crippen LogP contribution in [0.25, 0.3) is 0 Å². The van der Waals surface area contributed by atoms with E-state index in [-0.39, 0.29) is 11.7 Å². The minimum absolute atomic E-state index is 0.329. The van der Waals surface area contributed by atoms with Crippen LogP contribution in [0.3, 0.4) is 0 Å². The van der Waals surface area contributed by atoms with Crippen LogP contribution in [0, 0.1) is 11.3 Å². The molecule has 0 fully saturated rings. The number of carbonyl (C=O) groups excluding carboxylic acids is 3. The third-order valence-electron chi connectivity index (χ3n) is 5.24. The average molecular weight is 457 g/mol. The fraction of sp³-hybridized carbons (Fsp3) is 0.273. The van der Waals surface area contributed by atoms with E-state index in [9.17, 15) is 14.4 Å². The summed E-state index contributed by atoms with van der Waals surface area (Å²) in [6.45, 7) is 1.64. The molecule has 0 bridgehead atoms. The number of carbonyl (C=O) groups is 3. The van der Waals surface area contributed by atoms with Gasteiger partial charge in [-0.15, -0.1) is 0 Å². The predicted octanol–water partition coefficient (Wildman–Crippen LogP) is 3.54. The van der Waals surface area contributed by atoms with Crippen molar-refractivity contribution in [2.24, 2.45) is 16.3 Å². The van der Waals surface area contributed by atoms with E-state index in [4.69, 9.17) is 4.74 Å².